The zero-order valence-corrected chi connectivity index (χ0v) is 10.9. The largest absolute Gasteiger partial charge is 0.296 e. The van der Waals surface area contributed by atoms with Crippen LogP contribution in [0, 0.1) is 0 Å². The van der Waals surface area contributed by atoms with Gasteiger partial charge < -0.3 is 0 Å². The van der Waals surface area contributed by atoms with Gasteiger partial charge in [0, 0.05) is 18.5 Å². The van der Waals surface area contributed by atoms with E-state index in [-0.39, 0.29) is 23.9 Å². The van der Waals surface area contributed by atoms with Crippen LogP contribution in [0.4, 0.5) is 0 Å². The minimum Gasteiger partial charge on any atom is -0.296 e. The highest BCUT2D eigenvalue weighted by molar-refractivity contribution is 5.97. The Balaban J connectivity index is 0.00000133. The number of nitrogen functional groups attached to an aromatic ring is 1. The molecule has 0 unspecified atom stereocenters. The maximum atomic E-state index is 12.2. The molecule has 3 rings (SSSR count). The van der Waals surface area contributed by atoms with E-state index in [9.17, 15) is 9.59 Å². The minimum absolute atomic E-state index is 0. The van der Waals surface area contributed by atoms with Crippen molar-refractivity contribution in [3.05, 3.63) is 39.9 Å². The highest BCUT2D eigenvalue weighted by Gasteiger charge is 2.16. The average molecular weight is 281 g/mol. The first-order valence-corrected chi connectivity index (χ1v) is 5.75. The molecule has 0 saturated heterocycles. The molecule has 0 spiro atoms. The molecule has 0 fully saturated rings. The Kier molecular flexibility index (Phi) is 3.55. The van der Waals surface area contributed by atoms with Crippen LogP contribution in [-0.2, 0) is 13.0 Å². The number of carbonyl (C=O) groups excluding carboxylic acids is 1. The number of nitrogens with two attached hydrogens (primary N) is 1. The maximum Gasteiger partial charge on any atom is 0.265 e. The molecule has 1 aromatic heterocycles. The molecule has 1 aromatic carbocycles. The van der Waals surface area contributed by atoms with Gasteiger partial charge >= 0.3 is 0 Å². The average Bonchev–Trinajstić information content (AvgIpc) is 2.86. The summed E-state index contributed by atoms with van der Waals surface area (Å²) in [4.78, 5) is 28.0. The van der Waals surface area contributed by atoms with Crippen molar-refractivity contribution in [3.63, 3.8) is 0 Å². The number of rotatable bonds is 1. The monoisotopic (exact) mass is 280 g/mol. The number of aromatic nitrogens is 2. The molecular weight excluding hydrogens is 268 g/mol. The van der Waals surface area contributed by atoms with Gasteiger partial charge in [0.05, 0.1) is 10.9 Å². The number of nitrogens with one attached hydrogen (secondary N) is 1. The van der Waals surface area contributed by atoms with E-state index in [1.54, 1.807) is 22.8 Å². The first-order valence-electron chi connectivity index (χ1n) is 5.75. The van der Waals surface area contributed by atoms with Crippen molar-refractivity contribution >= 4 is 29.2 Å². The lowest BCUT2D eigenvalue weighted by Gasteiger charge is -2.06. The van der Waals surface area contributed by atoms with E-state index in [0.29, 0.717) is 16.5 Å². The van der Waals surface area contributed by atoms with Gasteiger partial charge in [0.15, 0.2) is 0 Å². The van der Waals surface area contributed by atoms with E-state index in [1.807, 2.05) is 0 Å². The van der Waals surface area contributed by atoms with E-state index in [0.717, 1.165) is 25.2 Å². The van der Waals surface area contributed by atoms with Crippen molar-refractivity contribution < 1.29 is 4.79 Å². The number of amides is 1. The number of nitrogens with zero attached hydrogens (tertiary/aromatic N) is 2. The van der Waals surface area contributed by atoms with Gasteiger partial charge in [-0.1, -0.05) is 0 Å². The number of hydrogen-bond donors (Lipinski definition) is 2. The van der Waals surface area contributed by atoms with Gasteiger partial charge in [0.25, 0.3) is 11.5 Å². The summed E-state index contributed by atoms with van der Waals surface area (Å²) in [5, 5.41) is 0.536. The van der Waals surface area contributed by atoms with E-state index < -0.39 is 0 Å². The molecule has 3 N–H and O–H groups in total. The predicted molar refractivity (Wildman–Crippen MR) is 73.2 cm³/mol. The summed E-state index contributed by atoms with van der Waals surface area (Å²) in [6, 6.07) is 4.80. The van der Waals surface area contributed by atoms with Crippen LogP contribution >= 0.6 is 12.4 Å². The number of hydrazine groups is 1. The highest BCUT2D eigenvalue weighted by atomic mass is 35.5. The quantitative estimate of drug-likeness (QED) is 0.449. The van der Waals surface area contributed by atoms with Gasteiger partial charge in [0.2, 0.25) is 0 Å². The Hall–Kier alpha value is -1.92. The summed E-state index contributed by atoms with van der Waals surface area (Å²) < 4.78 is 1.70. The van der Waals surface area contributed by atoms with Crippen LogP contribution in [0.5, 0.6) is 0 Å². The molecule has 1 aliphatic rings. The lowest BCUT2D eigenvalue weighted by molar-refractivity contribution is 0.0954. The number of carbonyl (C=O) groups is 1. The fourth-order valence-electron chi connectivity index (χ4n) is 2.31. The van der Waals surface area contributed by atoms with E-state index >= 15 is 0 Å². The fourth-order valence-corrected chi connectivity index (χ4v) is 2.31. The van der Waals surface area contributed by atoms with Gasteiger partial charge in [0.1, 0.15) is 5.82 Å². The number of halogens is 1. The molecule has 0 radical (unpaired) electrons. The molecule has 1 aliphatic heterocycles. The van der Waals surface area contributed by atoms with Crippen LogP contribution in [0.2, 0.25) is 0 Å². The van der Waals surface area contributed by atoms with Crippen LogP contribution in [0.3, 0.4) is 0 Å². The van der Waals surface area contributed by atoms with Crippen molar-refractivity contribution in [2.75, 3.05) is 0 Å². The van der Waals surface area contributed by atoms with E-state index in [1.165, 1.54) is 0 Å². The molecule has 19 heavy (non-hydrogen) atoms. The fraction of sp³-hybridized carbons (Fsp3) is 0.250. The van der Waals surface area contributed by atoms with Gasteiger partial charge in [-0.25, -0.2) is 10.8 Å². The van der Waals surface area contributed by atoms with E-state index in [2.05, 4.69) is 10.4 Å². The Morgan fingerprint density at radius 3 is 2.95 bits per heavy atom. The second kappa shape index (κ2) is 4.99. The second-order valence-corrected chi connectivity index (χ2v) is 4.29. The summed E-state index contributed by atoms with van der Waals surface area (Å²) in [6.45, 7) is 0.724. The van der Waals surface area contributed by atoms with Gasteiger partial charge in [-0.15, -0.1) is 12.4 Å². The third-order valence-electron chi connectivity index (χ3n) is 3.21. The normalized spacial score (nSPS) is 12.9. The van der Waals surface area contributed by atoms with E-state index in [4.69, 9.17) is 5.84 Å². The third kappa shape index (κ3) is 2.09. The Morgan fingerprint density at radius 2 is 2.21 bits per heavy atom. The lowest BCUT2D eigenvalue weighted by Crippen LogP contribution is -2.30. The van der Waals surface area contributed by atoms with Crippen molar-refractivity contribution in [1.82, 2.24) is 15.0 Å². The number of benzene rings is 1. The molecular formula is C12H13ClN4O2. The Bertz CT molecular complexity index is 711. The molecule has 2 aromatic rings. The molecule has 1 amide bonds. The van der Waals surface area contributed by atoms with Gasteiger partial charge in [-0.2, -0.15) is 0 Å². The molecule has 7 heteroatoms. The Morgan fingerprint density at radius 1 is 1.42 bits per heavy atom. The van der Waals surface area contributed by atoms with Crippen molar-refractivity contribution in [2.24, 2.45) is 5.84 Å². The summed E-state index contributed by atoms with van der Waals surface area (Å²) in [5.74, 6) is 5.48. The molecule has 0 bridgehead atoms. The molecule has 100 valence electrons. The highest BCUT2D eigenvalue weighted by Crippen LogP contribution is 2.16. The zero-order valence-electron chi connectivity index (χ0n) is 10.0. The van der Waals surface area contributed by atoms with Crippen molar-refractivity contribution in [3.8, 4) is 0 Å². The molecule has 0 saturated carbocycles. The van der Waals surface area contributed by atoms with Crippen molar-refractivity contribution in [1.29, 1.82) is 0 Å². The predicted octanol–water partition coefficient (Wildman–Crippen LogP) is 0.368. The lowest BCUT2D eigenvalue weighted by atomic mass is 10.1. The van der Waals surface area contributed by atoms with Crippen LogP contribution < -0.4 is 16.8 Å². The smallest absolute Gasteiger partial charge is 0.265 e. The standard InChI is InChI=1S/C12H12N4O2.ClH/c13-15-11(17)7-3-4-8-9(6-7)14-10-2-1-5-16(10)12(8)18;/h3-4,6H,1-2,5,13H2,(H,15,17);1H. The second-order valence-electron chi connectivity index (χ2n) is 4.29. The van der Waals surface area contributed by atoms with Crippen molar-refractivity contribution in [2.45, 2.75) is 19.4 Å². The minimum atomic E-state index is -0.390. The molecule has 0 atom stereocenters. The zero-order chi connectivity index (χ0) is 12.7. The maximum absolute atomic E-state index is 12.2. The topological polar surface area (TPSA) is 90.0 Å². The van der Waals surface area contributed by atoms with Crippen LogP contribution in [0.25, 0.3) is 10.9 Å². The third-order valence-corrected chi connectivity index (χ3v) is 3.21. The van der Waals surface area contributed by atoms with Gasteiger partial charge in [-0.3, -0.25) is 19.6 Å². The first-order chi connectivity index (χ1) is 8.70. The Labute approximate surface area is 115 Å². The SMILES string of the molecule is Cl.NNC(=O)c1ccc2c(=O)n3c(nc2c1)CCC3. The summed E-state index contributed by atoms with van der Waals surface area (Å²) in [6.07, 6.45) is 1.74. The summed E-state index contributed by atoms with van der Waals surface area (Å²) in [5.41, 5.74) is 2.98. The first kappa shape index (κ1) is 13.5. The number of hydrogen-bond acceptors (Lipinski definition) is 4. The number of aryl methyl sites for hydroxylation is 1. The summed E-state index contributed by atoms with van der Waals surface area (Å²) >= 11 is 0. The molecule has 2 heterocycles. The van der Waals surface area contributed by atoms with Gasteiger partial charge in [-0.05, 0) is 24.6 Å². The van der Waals surface area contributed by atoms with Crippen LogP contribution in [0.15, 0.2) is 23.0 Å². The molecule has 0 aliphatic carbocycles. The number of fused-ring (bicyclic) bond motifs is 2. The van der Waals surface area contributed by atoms with Crippen LogP contribution in [-0.4, -0.2) is 15.5 Å². The molecule has 6 nitrogen and oxygen atoms in total. The summed E-state index contributed by atoms with van der Waals surface area (Å²) in [7, 11) is 0. The van der Waals surface area contributed by atoms with Crippen LogP contribution in [0.1, 0.15) is 22.6 Å².